The molecule has 0 aliphatic rings. The fraction of sp³-hybridized carbons (Fsp3) is 0.267. The molecule has 2 rings (SSSR count). The van der Waals surface area contributed by atoms with Crippen molar-refractivity contribution in [3.8, 4) is 0 Å². The first-order valence-electron chi connectivity index (χ1n) is 6.70. The zero-order valence-corrected chi connectivity index (χ0v) is 13.6. The van der Waals surface area contributed by atoms with E-state index in [1.54, 1.807) is 6.26 Å². The maximum absolute atomic E-state index is 6.09. The number of quaternary nitrogens is 1. The van der Waals surface area contributed by atoms with Crippen molar-refractivity contribution >= 4 is 34.6 Å². The van der Waals surface area contributed by atoms with Crippen molar-refractivity contribution < 1.29 is 9.32 Å². The van der Waals surface area contributed by atoms with Gasteiger partial charge in [-0.15, -0.1) is 0 Å². The van der Waals surface area contributed by atoms with E-state index in [9.17, 15) is 0 Å². The van der Waals surface area contributed by atoms with E-state index >= 15 is 0 Å². The monoisotopic (exact) mass is 324 g/mol. The Hall–Kier alpha value is -1.56. The second-order valence-electron chi connectivity index (χ2n) is 4.96. The second-order valence-corrected chi connectivity index (χ2v) is 5.78. The Kier molecular flexibility index (Phi) is 5.61. The number of likely N-dealkylation sites (N-methyl/N-ethyl adjacent to an activating group) is 1. The minimum Gasteiger partial charge on any atom is -0.463 e. The molecule has 1 aromatic heterocycles. The van der Waals surface area contributed by atoms with E-state index in [1.165, 1.54) is 4.90 Å². The van der Waals surface area contributed by atoms with Crippen LogP contribution < -0.4 is 15.5 Å². The number of hydrogen-bond donors (Lipinski definition) is 3. The minimum absolute atomic E-state index is 0.186. The van der Waals surface area contributed by atoms with Gasteiger partial charge in [0.2, 0.25) is 0 Å². The van der Waals surface area contributed by atoms with Crippen molar-refractivity contribution in [2.75, 3.05) is 26.0 Å². The maximum Gasteiger partial charge on any atom is 0.171 e. The topological polar surface area (TPSA) is 41.6 Å². The number of para-hydroxylation sites is 1. The number of rotatable bonds is 5. The summed E-state index contributed by atoms with van der Waals surface area (Å²) < 4.78 is 5.48. The minimum atomic E-state index is 0.186. The molecule has 0 unspecified atom stereocenters. The molecule has 2 aromatic rings. The summed E-state index contributed by atoms with van der Waals surface area (Å²) in [5, 5.41) is 7.49. The predicted molar refractivity (Wildman–Crippen MR) is 89.9 cm³/mol. The lowest BCUT2D eigenvalue weighted by Crippen LogP contribution is -3.07. The number of nitrogens with one attached hydrogen (secondary N) is 3. The van der Waals surface area contributed by atoms with Crippen LogP contribution in [0.15, 0.2) is 47.1 Å². The number of furan rings is 1. The lowest BCUT2D eigenvalue weighted by atomic mass is 10.2. The second kappa shape index (κ2) is 7.45. The van der Waals surface area contributed by atoms with Crippen molar-refractivity contribution in [1.29, 1.82) is 0 Å². The highest BCUT2D eigenvalue weighted by molar-refractivity contribution is 7.80. The summed E-state index contributed by atoms with van der Waals surface area (Å²) in [6, 6.07) is 11.6. The average molecular weight is 325 g/mol. The van der Waals surface area contributed by atoms with Crippen LogP contribution in [0, 0.1) is 0 Å². The molecule has 21 heavy (non-hydrogen) atoms. The number of anilines is 1. The molecule has 0 radical (unpaired) electrons. The van der Waals surface area contributed by atoms with E-state index in [2.05, 4.69) is 24.7 Å². The van der Waals surface area contributed by atoms with Gasteiger partial charge in [-0.05, 0) is 36.5 Å². The third-order valence-electron chi connectivity index (χ3n) is 3.17. The molecule has 0 saturated carbocycles. The third-order valence-corrected chi connectivity index (χ3v) is 3.75. The lowest BCUT2D eigenvalue weighted by molar-refractivity contribution is -0.891. The first kappa shape index (κ1) is 15.8. The van der Waals surface area contributed by atoms with Crippen LogP contribution in [-0.2, 0) is 0 Å². The van der Waals surface area contributed by atoms with Crippen LogP contribution in [0.3, 0.4) is 0 Å². The van der Waals surface area contributed by atoms with Gasteiger partial charge in [0.05, 0.1) is 37.6 Å². The Balaban J connectivity index is 1.92. The highest BCUT2D eigenvalue weighted by Gasteiger charge is 2.20. The SMILES string of the molecule is C[NH+](C)[C@@H](CNC(=S)Nc1ccccc1Cl)c1ccco1. The van der Waals surface area contributed by atoms with Crippen LogP contribution in [0.2, 0.25) is 5.02 Å². The molecule has 4 nitrogen and oxygen atoms in total. The van der Waals surface area contributed by atoms with Gasteiger partial charge in [-0.1, -0.05) is 23.7 Å². The Morgan fingerprint density at radius 2 is 2.05 bits per heavy atom. The Labute approximate surface area is 135 Å². The van der Waals surface area contributed by atoms with Gasteiger partial charge in [-0.3, -0.25) is 0 Å². The Bertz CT molecular complexity index is 586. The molecule has 0 spiro atoms. The van der Waals surface area contributed by atoms with Gasteiger partial charge in [0.15, 0.2) is 16.9 Å². The van der Waals surface area contributed by atoms with Gasteiger partial charge in [-0.2, -0.15) is 0 Å². The predicted octanol–water partition coefficient (Wildman–Crippen LogP) is 2.11. The number of hydrogen-bond acceptors (Lipinski definition) is 2. The van der Waals surface area contributed by atoms with Gasteiger partial charge in [0.25, 0.3) is 0 Å². The quantitative estimate of drug-likeness (QED) is 0.737. The van der Waals surface area contributed by atoms with E-state index in [1.807, 2.05) is 36.4 Å². The molecule has 0 amide bonds. The smallest absolute Gasteiger partial charge is 0.171 e. The zero-order valence-electron chi connectivity index (χ0n) is 12.0. The van der Waals surface area contributed by atoms with E-state index < -0.39 is 0 Å². The highest BCUT2D eigenvalue weighted by Crippen LogP contribution is 2.20. The third kappa shape index (κ3) is 4.46. The number of benzene rings is 1. The molecule has 1 heterocycles. The summed E-state index contributed by atoms with van der Waals surface area (Å²) in [5.74, 6) is 0.933. The summed E-state index contributed by atoms with van der Waals surface area (Å²) in [6.07, 6.45) is 1.69. The summed E-state index contributed by atoms with van der Waals surface area (Å²) >= 11 is 11.4. The number of halogens is 1. The lowest BCUT2D eigenvalue weighted by Gasteiger charge is -2.21. The largest absolute Gasteiger partial charge is 0.463 e. The summed E-state index contributed by atoms with van der Waals surface area (Å²) in [6.45, 7) is 0.673. The van der Waals surface area contributed by atoms with E-state index in [0.29, 0.717) is 16.7 Å². The fourth-order valence-electron chi connectivity index (χ4n) is 2.00. The molecule has 6 heteroatoms. The van der Waals surface area contributed by atoms with Gasteiger partial charge in [-0.25, -0.2) is 0 Å². The van der Waals surface area contributed by atoms with Crippen LogP contribution in [0.4, 0.5) is 5.69 Å². The molecule has 0 aliphatic heterocycles. The molecule has 1 aromatic carbocycles. The van der Waals surface area contributed by atoms with Crippen LogP contribution in [0.1, 0.15) is 11.8 Å². The van der Waals surface area contributed by atoms with Gasteiger partial charge in [0.1, 0.15) is 0 Å². The van der Waals surface area contributed by atoms with Crippen LogP contribution >= 0.6 is 23.8 Å². The molecule has 3 N–H and O–H groups in total. The van der Waals surface area contributed by atoms with E-state index in [4.69, 9.17) is 28.2 Å². The molecule has 1 atom stereocenters. The highest BCUT2D eigenvalue weighted by atomic mass is 35.5. The van der Waals surface area contributed by atoms with Crippen molar-refractivity contribution in [1.82, 2.24) is 5.32 Å². The van der Waals surface area contributed by atoms with Crippen LogP contribution in [-0.4, -0.2) is 25.8 Å². The fourth-order valence-corrected chi connectivity index (χ4v) is 2.38. The normalized spacial score (nSPS) is 12.2. The molecular weight excluding hydrogens is 306 g/mol. The first-order valence-corrected chi connectivity index (χ1v) is 7.49. The molecule has 112 valence electrons. The van der Waals surface area contributed by atoms with Gasteiger partial charge < -0.3 is 20.0 Å². The van der Waals surface area contributed by atoms with Gasteiger partial charge >= 0.3 is 0 Å². The van der Waals surface area contributed by atoms with Crippen LogP contribution in [0.25, 0.3) is 0 Å². The van der Waals surface area contributed by atoms with Gasteiger partial charge in [0, 0.05) is 0 Å². The summed E-state index contributed by atoms with van der Waals surface area (Å²) in [4.78, 5) is 1.26. The van der Waals surface area contributed by atoms with Crippen molar-refractivity contribution in [2.24, 2.45) is 0 Å². The molecular formula is C15H19ClN3OS+. The molecule has 0 aliphatic carbocycles. The first-order chi connectivity index (χ1) is 10.1. The van der Waals surface area contributed by atoms with E-state index in [0.717, 1.165) is 11.4 Å². The average Bonchev–Trinajstić information content (AvgIpc) is 2.95. The number of thiocarbonyl (C=S) groups is 1. The Morgan fingerprint density at radius 1 is 1.29 bits per heavy atom. The zero-order chi connectivity index (χ0) is 15.2. The molecule has 0 saturated heterocycles. The summed E-state index contributed by atoms with van der Waals surface area (Å²) in [7, 11) is 4.17. The van der Waals surface area contributed by atoms with E-state index in [-0.39, 0.29) is 6.04 Å². The molecule has 0 bridgehead atoms. The van der Waals surface area contributed by atoms with Crippen molar-refractivity contribution in [2.45, 2.75) is 6.04 Å². The maximum atomic E-state index is 6.09. The Morgan fingerprint density at radius 3 is 2.67 bits per heavy atom. The van der Waals surface area contributed by atoms with Crippen molar-refractivity contribution in [3.63, 3.8) is 0 Å². The van der Waals surface area contributed by atoms with Crippen molar-refractivity contribution in [3.05, 3.63) is 53.4 Å². The summed E-state index contributed by atoms with van der Waals surface area (Å²) in [5.41, 5.74) is 0.795. The molecule has 0 fully saturated rings. The standard InChI is InChI=1S/C15H18ClN3OS/c1-19(2)13(14-8-5-9-20-14)10-17-15(21)18-12-7-4-3-6-11(12)16/h3-9,13H,10H2,1-2H3,(H2,17,18,21)/p+1/t13-/m0/s1. The van der Waals surface area contributed by atoms with Crippen LogP contribution in [0.5, 0.6) is 0 Å².